The quantitative estimate of drug-likeness (QED) is 0.655. The van der Waals surface area contributed by atoms with E-state index in [4.69, 9.17) is 5.11 Å². The second-order valence-corrected chi connectivity index (χ2v) is 6.01. The van der Waals surface area contributed by atoms with Crippen LogP contribution in [-0.4, -0.2) is 31.6 Å². The van der Waals surface area contributed by atoms with Crippen molar-refractivity contribution in [1.29, 1.82) is 0 Å². The highest BCUT2D eigenvalue weighted by Crippen LogP contribution is 2.31. The predicted molar refractivity (Wildman–Crippen MR) is 63.8 cm³/mol. The highest BCUT2D eigenvalue weighted by molar-refractivity contribution is 7.87. The van der Waals surface area contributed by atoms with E-state index in [0.717, 1.165) is 19.3 Å². The van der Waals surface area contributed by atoms with E-state index in [2.05, 4.69) is 9.44 Å². The van der Waals surface area contributed by atoms with Crippen molar-refractivity contribution in [2.45, 2.75) is 51.0 Å². The third-order valence-corrected chi connectivity index (χ3v) is 4.36. The van der Waals surface area contributed by atoms with Crippen LogP contribution in [0.15, 0.2) is 0 Å². The van der Waals surface area contributed by atoms with Gasteiger partial charge in [0.25, 0.3) is 10.2 Å². The normalized spacial score (nSPS) is 20.1. The molecule has 1 saturated carbocycles. The lowest BCUT2D eigenvalue weighted by Crippen LogP contribution is -2.54. The van der Waals surface area contributed by atoms with Crippen LogP contribution in [0.4, 0.5) is 0 Å². The Morgan fingerprint density at radius 2 is 1.88 bits per heavy atom. The SMILES string of the molecule is CCNS(=O)(=O)NC1(CC(=O)O)CCCCC1. The molecule has 0 bridgehead atoms. The Hall–Kier alpha value is -0.660. The summed E-state index contributed by atoms with van der Waals surface area (Å²) in [4.78, 5) is 10.9. The summed E-state index contributed by atoms with van der Waals surface area (Å²) in [5, 5.41) is 8.90. The van der Waals surface area contributed by atoms with Gasteiger partial charge in [0.05, 0.1) is 6.42 Å². The lowest BCUT2D eigenvalue weighted by atomic mass is 9.80. The van der Waals surface area contributed by atoms with Gasteiger partial charge in [-0.3, -0.25) is 4.79 Å². The molecule has 0 aromatic heterocycles. The fraction of sp³-hybridized carbons (Fsp3) is 0.900. The molecule has 1 aliphatic carbocycles. The molecule has 0 radical (unpaired) electrons. The Morgan fingerprint density at radius 1 is 1.29 bits per heavy atom. The summed E-state index contributed by atoms with van der Waals surface area (Å²) in [6.07, 6.45) is 3.78. The Morgan fingerprint density at radius 3 is 2.35 bits per heavy atom. The zero-order valence-corrected chi connectivity index (χ0v) is 10.8. The monoisotopic (exact) mass is 264 g/mol. The van der Waals surface area contributed by atoms with E-state index in [-0.39, 0.29) is 6.42 Å². The van der Waals surface area contributed by atoms with Gasteiger partial charge in [-0.1, -0.05) is 26.2 Å². The molecule has 0 aliphatic heterocycles. The molecule has 0 aromatic rings. The summed E-state index contributed by atoms with van der Waals surface area (Å²) >= 11 is 0. The van der Waals surface area contributed by atoms with Gasteiger partial charge in [-0.2, -0.15) is 13.1 Å². The van der Waals surface area contributed by atoms with E-state index in [9.17, 15) is 13.2 Å². The van der Waals surface area contributed by atoms with Crippen molar-refractivity contribution in [2.75, 3.05) is 6.54 Å². The standard InChI is InChI=1S/C10H20N2O4S/c1-2-11-17(15,16)12-10(8-9(13)14)6-4-3-5-7-10/h11-12H,2-8H2,1H3,(H,13,14). The van der Waals surface area contributed by atoms with Gasteiger partial charge in [0.1, 0.15) is 0 Å². The van der Waals surface area contributed by atoms with E-state index in [0.29, 0.717) is 19.4 Å². The van der Waals surface area contributed by atoms with Gasteiger partial charge in [0.2, 0.25) is 0 Å². The molecule has 100 valence electrons. The van der Waals surface area contributed by atoms with Crippen molar-refractivity contribution in [2.24, 2.45) is 0 Å². The Labute approximate surface area is 102 Å². The molecule has 6 nitrogen and oxygen atoms in total. The second-order valence-electron chi connectivity index (χ2n) is 4.51. The highest BCUT2D eigenvalue weighted by atomic mass is 32.2. The number of hydrogen-bond acceptors (Lipinski definition) is 3. The minimum Gasteiger partial charge on any atom is -0.481 e. The third-order valence-electron chi connectivity index (χ3n) is 2.99. The fourth-order valence-electron chi connectivity index (χ4n) is 2.34. The number of rotatable bonds is 6. The van der Waals surface area contributed by atoms with Crippen LogP contribution >= 0.6 is 0 Å². The maximum atomic E-state index is 11.7. The van der Waals surface area contributed by atoms with Crippen molar-refractivity contribution >= 4 is 16.2 Å². The average Bonchev–Trinajstić information content (AvgIpc) is 2.15. The molecular formula is C10H20N2O4S. The number of aliphatic carboxylic acids is 1. The summed E-state index contributed by atoms with van der Waals surface area (Å²) in [7, 11) is -3.60. The Kier molecular flexibility index (Phi) is 4.91. The summed E-state index contributed by atoms with van der Waals surface area (Å²) in [5.41, 5.74) is -0.814. The first-order chi connectivity index (χ1) is 7.89. The molecule has 7 heteroatoms. The number of carboxylic acids is 1. The van der Waals surface area contributed by atoms with E-state index in [1.54, 1.807) is 6.92 Å². The Balaban J connectivity index is 2.79. The van der Waals surface area contributed by atoms with Gasteiger partial charge >= 0.3 is 5.97 Å². The molecule has 0 spiro atoms. The maximum Gasteiger partial charge on any atom is 0.305 e. The number of carbonyl (C=O) groups is 1. The zero-order chi connectivity index (χ0) is 12.9. The minimum atomic E-state index is -3.60. The summed E-state index contributed by atoms with van der Waals surface area (Å²) in [5.74, 6) is -0.967. The molecule has 0 atom stereocenters. The Bertz CT molecular complexity index is 361. The molecule has 0 amide bonds. The first-order valence-electron chi connectivity index (χ1n) is 5.89. The second kappa shape index (κ2) is 5.79. The van der Waals surface area contributed by atoms with Crippen LogP contribution in [0.1, 0.15) is 45.4 Å². The first kappa shape index (κ1) is 14.4. The van der Waals surface area contributed by atoms with E-state index in [1.165, 1.54) is 0 Å². The number of hydrogen-bond donors (Lipinski definition) is 3. The molecular weight excluding hydrogens is 244 g/mol. The van der Waals surface area contributed by atoms with E-state index < -0.39 is 21.7 Å². The molecule has 0 unspecified atom stereocenters. The molecule has 1 rings (SSSR count). The lowest BCUT2D eigenvalue weighted by molar-refractivity contribution is -0.138. The van der Waals surface area contributed by atoms with Crippen LogP contribution in [-0.2, 0) is 15.0 Å². The molecule has 0 aromatic carbocycles. The smallest absolute Gasteiger partial charge is 0.305 e. The van der Waals surface area contributed by atoms with Crippen molar-refractivity contribution < 1.29 is 18.3 Å². The largest absolute Gasteiger partial charge is 0.481 e. The lowest BCUT2D eigenvalue weighted by Gasteiger charge is -2.36. The van der Waals surface area contributed by atoms with Gasteiger partial charge in [0, 0.05) is 12.1 Å². The number of nitrogens with one attached hydrogen (secondary N) is 2. The van der Waals surface area contributed by atoms with Crippen LogP contribution in [0, 0.1) is 0 Å². The van der Waals surface area contributed by atoms with Gasteiger partial charge < -0.3 is 5.11 Å². The van der Waals surface area contributed by atoms with E-state index in [1.807, 2.05) is 0 Å². The van der Waals surface area contributed by atoms with Crippen molar-refractivity contribution in [1.82, 2.24) is 9.44 Å². The highest BCUT2D eigenvalue weighted by Gasteiger charge is 2.37. The zero-order valence-electron chi connectivity index (χ0n) is 10.0. The van der Waals surface area contributed by atoms with Crippen LogP contribution in [0.25, 0.3) is 0 Å². The van der Waals surface area contributed by atoms with Gasteiger partial charge in [0.15, 0.2) is 0 Å². The average molecular weight is 264 g/mol. The van der Waals surface area contributed by atoms with Gasteiger partial charge in [-0.15, -0.1) is 0 Å². The summed E-state index contributed by atoms with van der Waals surface area (Å²) in [6.45, 7) is 1.97. The van der Waals surface area contributed by atoms with Gasteiger partial charge in [-0.25, -0.2) is 4.72 Å². The van der Waals surface area contributed by atoms with Gasteiger partial charge in [-0.05, 0) is 12.8 Å². The molecule has 0 saturated heterocycles. The van der Waals surface area contributed by atoms with Crippen molar-refractivity contribution in [3.63, 3.8) is 0 Å². The van der Waals surface area contributed by atoms with Crippen LogP contribution < -0.4 is 9.44 Å². The topological polar surface area (TPSA) is 95.5 Å². The predicted octanol–water partition coefficient (Wildman–Crippen LogP) is 0.608. The van der Waals surface area contributed by atoms with Crippen molar-refractivity contribution in [3.8, 4) is 0 Å². The first-order valence-corrected chi connectivity index (χ1v) is 7.38. The maximum absolute atomic E-state index is 11.7. The fourth-order valence-corrected chi connectivity index (χ4v) is 3.64. The van der Waals surface area contributed by atoms with Crippen LogP contribution in [0.3, 0.4) is 0 Å². The third kappa shape index (κ3) is 4.61. The van der Waals surface area contributed by atoms with Crippen molar-refractivity contribution in [3.05, 3.63) is 0 Å². The molecule has 3 N–H and O–H groups in total. The molecule has 1 aliphatic rings. The molecule has 17 heavy (non-hydrogen) atoms. The summed E-state index contributed by atoms with van der Waals surface area (Å²) in [6, 6.07) is 0. The molecule has 1 fully saturated rings. The van der Waals surface area contributed by atoms with Crippen LogP contribution in [0.2, 0.25) is 0 Å². The minimum absolute atomic E-state index is 0.155. The van der Waals surface area contributed by atoms with Crippen LogP contribution in [0.5, 0.6) is 0 Å². The number of carboxylic acid groups (broad SMARTS) is 1. The molecule has 0 heterocycles. The summed E-state index contributed by atoms with van der Waals surface area (Å²) < 4.78 is 28.2. The van der Waals surface area contributed by atoms with E-state index >= 15 is 0 Å².